The van der Waals surface area contributed by atoms with E-state index in [9.17, 15) is 0 Å². The van der Waals surface area contributed by atoms with Gasteiger partial charge in [-0.2, -0.15) is 20.0 Å². The molecule has 1 saturated heterocycles. The quantitative estimate of drug-likeness (QED) is 0.841. The van der Waals surface area contributed by atoms with Crippen molar-refractivity contribution in [3.8, 4) is 0 Å². The summed E-state index contributed by atoms with van der Waals surface area (Å²) in [7, 11) is 3.97. The minimum absolute atomic E-state index is 0.381. The van der Waals surface area contributed by atoms with Gasteiger partial charge in [0.15, 0.2) is 0 Å². The molecule has 1 unspecified atom stereocenters. The topological polar surface area (TPSA) is 75.0 Å². The van der Waals surface area contributed by atoms with Crippen LogP contribution in [-0.2, 0) is 6.54 Å². The van der Waals surface area contributed by atoms with E-state index in [2.05, 4.69) is 30.4 Å². The van der Waals surface area contributed by atoms with Crippen LogP contribution in [0.25, 0.3) is 0 Å². The Bertz CT molecular complexity index is 597. The van der Waals surface area contributed by atoms with E-state index >= 15 is 0 Å². The van der Waals surface area contributed by atoms with E-state index < -0.39 is 0 Å². The number of nitrogens with one attached hydrogen (secondary N) is 1. The molecular weight excluding hydrogens is 292 g/mol. The second kappa shape index (κ2) is 7.36. The molecule has 2 aromatic heterocycles. The molecule has 0 radical (unpaired) electrons. The van der Waals surface area contributed by atoms with Crippen LogP contribution in [-0.4, -0.2) is 69.6 Å². The van der Waals surface area contributed by atoms with Crippen molar-refractivity contribution < 1.29 is 0 Å². The van der Waals surface area contributed by atoms with Gasteiger partial charge in [0.1, 0.15) is 5.82 Å². The molecule has 0 aromatic carbocycles. The number of piperidine rings is 1. The van der Waals surface area contributed by atoms with Crippen molar-refractivity contribution in [2.45, 2.75) is 25.4 Å². The van der Waals surface area contributed by atoms with Gasteiger partial charge < -0.3 is 10.2 Å². The predicted octanol–water partition coefficient (Wildman–Crippen LogP) is 0.711. The van der Waals surface area contributed by atoms with Crippen LogP contribution in [0.15, 0.2) is 24.7 Å². The number of rotatable bonds is 6. The molecule has 1 aliphatic heterocycles. The summed E-state index contributed by atoms with van der Waals surface area (Å²) in [4.78, 5) is 15.0. The first-order valence-electron chi connectivity index (χ1n) is 8.04. The fraction of sp³-hybridized carbons (Fsp3) is 0.600. The molecule has 8 heteroatoms. The summed E-state index contributed by atoms with van der Waals surface area (Å²) in [6.45, 7) is 3.91. The zero-order valence-corrected chi connectivity index (χ0v) is 13.8. The van der Waals surface area contributed by atoms with Gasteiger partial charge in [-0.1, -0.05) is 0 Å². The van der Waals surface area contributed by atoms with Crippen LogP contribution in [0, 0.1) is 0 Å². The highest BCUT2D eigenvalue weighted by Gasteiger charge is 2.20. The first-order chi connectivity index (χ1) is 11.2. The molecule has 3 rings (SSSR count). The van der Waals surface area contributed by atoms with Crippen molar-refractivity contribution in [1.82, 2.24) is 29.9 Å². The van der Waals surface area contributed by atoms with Gasteiger partial charge in [-0.25, -0.2) is 4.98 Å². The Morgan fingerprint density at radius 3 is 2.83 bits per heavy atom. The van der Waals surface area contributed by atoms with Crippen LogP contribution in [0.3, 0.4) is 0 Å². The number of hydrogen-bond acceptors (Lipinski definition) is 7. The molecule has 124 valence electrons. The van der Waals surface area contributed by atoms with Crippen LogP contribution in [0.1, 0.15) is 12.8 Å². The molecule has 1 atom stereocenters. The number of aromatic nitrogens is 5. The molecule has 0 aliphatic carbocycles. The van der Waals surface area contributed by atoms with Crippen molar-refractivity contribution in [3.63, 3.8) is 0 Å². The molecule has 0 saturated carbocycles. The van der Waals surface area contributed by atoms with Crippen LogP contribution >= 0.6 is 0 Å². The Kier molecular flexibility index (Phi) is 5.02. The molecule has 1 aliphatic rings. The highest BCUT2D eigenvalue weighted by Crippen LogP contribution is 2.15. The highest BCUT2D eigenvalue weighted by molar-refractivity contribution is 5.41. The molecule has 1 N–H and O–H groups in total. The summed E-state index contributed by atoms with van der Waals surface area (Å²) in [5.41, 5.74) is 0. The van der Waals surface area contributed by atoms with E-state index in [0.29, 0.717) is 12.0 Å². The largest absolute Gasteiger partial charge is 0.363 e. The lowest BCUT2D eigenvalue weighted by atomic mass is 10.1. The molecule has 2 aromatic rings. The summed E-state index contributed by atoms with van der Waals surface area (Å²) in [6, 6.07) is 2.29. The molecule has 0 spiro atoms. The van der Waals surface area contributed by atoms with Crippen molar-refractivity contribution in [2.75, 3.05) is 43.9 Å². The summed E-state index contributed by atoms with van der Waals surface area (Å²) >= 11 is 0. The zero-order chi connectivity index (χ0) is 16.1. The fourth-order valence-corrected chi connectivity index (χ4v) is 2.82. The maximum Gasteiger partial charge on any atom is 0.224 e. The Labute approximate surface area is 136 Å². The Balaban J connectivity index is 1.53. The van der Waals surface area contributed by atoms with E-state index in [-0.39, 0.29) is 0 Å². The van der Waals surface area contributed by atoms with Gasteiger partial charge in [-0.15, -0.1) is 0 Å². The number of hydrogen-bond donors (Lipinski definition) is 1. The predicted molar refractivity (Wildman–Crippen MR) is 89.5 cm³/mol. The number of nitrogens with zero attached hydrogens (tertiary/aromatic N) is 7. The molecule has 23 heavy (non-hydrogen) atoms. The third-order valence-corrected chi connectivity index (χ3v) is 4.02. The average Bonchev–Trinajstić information content (AvgIpc) is 3.07. The van der Waals surface area contributed by atoms with Gasteiger partial charge in [-0.05, 0) is 25.5 Å². The lowest BCUT2D eigenvalue weighted by molar-refractivity contribution is 0.202. The van der Waals surface area contributed by atoms with E-state index in [1.807, 2.05) is 25.1 Å². The maximum absolute atomic E-state index is 4.54. The SMILES string of the molecule is CN(C)c1ccnc(NC2CCCN(CCn3nccn3)C2)n1. The van der Waals surface area contributed by atoms with Gasteiger partial charge in [0.05, 0.1) is 18.9 Å². The minimum Gasteiger partial charge on any atom is -0.363 e. The van der Waals surface area contributed by atoms with Gasteiger partial charge in [-0.3, -0.25) is 4.90 Å². The van der Waals surface area contributed by atoms with Crippen molar-refractivity contribution >= 4 is 11.8 Å². The van der Waals surface area contributed by atoms with Crippen LogP contribution in [0.2, 0.25) is 0 Å². The summed E-state index contributed by atoms with van der Waals surface area (Å²) < 4.78 is 0. The Hall–Kier alpha value is -2.22. The molecular formula is C15H24N8. The fourth-order valence-electron chi connectivity index (χ4n) is 2.82. The zero-order valence-electron chi connectivity index (χ0n) is 13.8. The lowest BCUT2D eigenvalue weighted by Gasteiger charge is -2.33. The smallest absolute Gasteiger partial charge is 0.224 e. The Morgan fingerprint density at radius 2 is 2.04 bits per heavy atom. The molecule has 0 bridgehead atoms. The van der Waals surface area contributed by atoms with E-state index in [1.54, 1.807) is 23.4 Å². The molecule has 1 fully saturated rings. The van der Waals surface area contributed by atoms with Gasteiger partial charge >= 0.3 is 0 Å². The second-order valence-corrected chi connectivity index (χ2v) is 6.04. The lowest BCUT2D eigenvalue weighted by Crippen LogP contribution is -2.43. The molecule has 0 amide bonds. The third-order valence-electron chi connectivity index (χ3n) is 4.02. The maximum atomic E-state index is 4.54. The van der Waals surface area contributed by atoms with Crippen molar-refractivity contribution in [1.29, 1.82) is 0 Å². The summed E-state index contributed by atoms with van der Waals surface area (Å²) in [5.74, 6) is 1.62. The molecule has 8 nitrogen and oxygen atoms in total. The molecule has 3 heterocycles. The first-order valence-corrected chi connectivity index (χ1v) is 8.04. The van der Waals surface area contributed by atoms with E-state index in [0.717, 1.165) is 38.4 Å². The van der Waals surface area contributed by atoms with Crippen LogP contribution in [0.5, 0.6) is 0 Å². The number of anilines is 2. The monoisotopic (exact) mass is 316 g/mol. The van der Waals surface area contributed by atoms with E-state index in [4.69, 9.17) is 0 Å². The summed E-state index contributed by atoms with van der Waals surface area (Å²) in [6.07, 6.45) is 7.56. The summed E-state index contributed by atoms with van der Waals surface area (Å²) in [5, 5.41) is 11.8. The minimum atomic E-state index is 0.381. The van der Waals surface area contributed by atoms with Crippen molar-refractivity contribution in [2.24, 2.45) is 0 Å². The highest BCUT2D eigenvalue weighted by atomic mass is 15.5. The van der Waals surface area contributed by atoms with Gasteiger partial charge in [0.25, 0.3) is 0 Å². The average molecular weight is 316 g/mol. The third kappa shape index (κ3) is 4.38. The van der Waals surface area contributed by atoms with Crippen molar-refractivity contribution in [3.05, 3.63) is 24.7 Å². The Morgan fingerprint density at radius 1 is 1.22 bits per heavy atom. The van der Waals surface area contributed by atoms with Gasteiger partial charge in [0.2, 0.25) is 5.95 Å². The van der Waals surface area contributed by atoms with E-state index in [1.165, 1.54) is 6.42 Å². The first kappa shape index (κ1) is 15.7. The van der Waals surface area contributed by atoms with Crippen LogP contribution < -0.4 is 10.2 Å². The van der Waals surface area contributed by atoms with Crippen LogP contribution in [0.4, 0.5) is 11.8 Å². The number of likely N-dealkylation sites (tertiary alicyclic amines) is 1. The standard InChI is InChI=1S/C15H24N8/c1-21(2)14-5-6-16-15(20-14)19-13-4-3-9-22(12-13)10-11-23-17-7-8-18-23/h5-8,13H,3-4,9-12H2,1-2H3,(H,16,19,20). The van der Waals surface area contributed by atoms with Gasteiger partial charge in [0, 0.05) is 39.4 Å². The second-order valence-electron chi connectivity index (χ2n) is 6.04. The normalized spacial score (nSPS) is 18.8.